The molecule has 0 saturated heterocycles. The average Bonchev–Trinajstić information content (AvgIpc) is 2.37. The van der Waals surface area contributed by atoms with Gasteiger partial charge < -0.3 is 0 Å². The minimum Gasteiger partial charge on any atom is -0.192 e. The van der Waals surface area contributed by atoms with E-state index in [0.717, 1.165) is 0 Å². The van der Waals surface area contributed by atoms with Gasteiger partial charge in [-0.05, 0) is 12.1 Å². The molecule has 4 nitrogen and oxygen atoms in total. The van der Waals surface area contributed by atoms with Crippen molar-refractivity contribution >= 4 is 43.3 Å². The third-order valence-corrected chi connectivity index (χ3v) is 3.31. The highest BCUT2D eigenvalue weighted by molar-refractivity contribution is 9.11. The van der Waals surface area contributed by atoms with E-state index in [1.807, 2.05) is 0 Å². The number of halogens is 2. The van der Waals surface area contributed by atoms with E-state index in [0.29, 0.717) is 19.4 Å². The molecule has 0 N–H and O–H groups in total. The van der Waals surface area contributed by atoms with E-state index in [-0.39, 0.29) is 11.4 Å². The lowest BCUT2D eigenvalue weighted by molar-refractivity contribution is 1.42. The molecule has 6 heteroatoms. The Labute approximate surface area is 120 Å². The zero-order valence-corrected chi connectivity index (χ0v) is 11.9. The van der Waals surface area contributed by atoms with Gasteiger partial charge in [0.25, 0.3) is 0 Å². The lowest BCUT2D eigenvalue weighted by Crippen LogP contribution is -2.15. The number of nitrogens with zero attached hydrogens (tertiary/aromatic N) is 4. The first kappa shape index (κ1) is 13.9. The van der Waals surface area contributed by atoms with Crippen molar-refractivity contribution in [1.82, 2.24) is 0 Å². The summed E-state index contributed by atoms with van der Waals surface area (Å²) >= 11 is 6.46. The van der Waals surface area contributed by atoms with Crippen LogP contribution in [0.3, 0.4) is 0 Å². The highest BCUT2D eigenvalue weighted by atomic mass is 79.9. The average molecular weight is 362 g/mol. The van der Waals surface area contributed by atoms with Crippen molar-refractivity contribution in [2.24, 2.45) is 0 Å². The molecule has 1 rings (SSSR count). The summed E-state index contributed by atoms with van der Waals surface area (Å²) in [5.74, 6) is -0.0791. The fraction of sp³-hybridized carbons (Fsp3) is 0. The summed E-state index contributed by atoms with van der Waals surface area (Å²) < 4.78 is 0.981. The Bertz CT molecular complexity index is 693. The van der Waals surface area contributed by atoms with Crippen LogP contribution in [0.5, 0.6) is 0 Å². The molecular weight excluding hydrogens is 360 g/mol. The third kappa shape index (κ3) is 2.58. The minimum atomic E-state index is -0.0791. The Morgan fingerprint density at radius 2 is 1.44 bits per heavy atom. The van der Waals surface area contributed by atoms with Gasteiger partial charge in [0, 0.05) is 14.2 Å². The summed E-state index contributed by atoms with van der Waals surface area (Å²) in [5, 5.41) is 18.5. The quantitative estimate of drug-likeness (QED) is 0.666. The summed E-state index contributed by atoms with van der Waals surface area (Å²) in [4.78, 5) is 6.24. The van der Waals surface area contributed by atoms with Crippen LogP contribution < -0.4 is 10.4 Å². The van der Waals surface area contributed by atoms with Crippen LogP contribution in [0.15, 0.2) is 21.1 Å². The highest BCUT2D eigenvalue weighted by Gasteiger charge is 2.10. The van der Waals surface area contributed by atoms with E-state index in [4.69, 9.17) is 23.7 Å². The molecule has 0 bridgehead atoms. The van der Waals surface area contributed by atoms with E-state index in [9.17, 15) is 0 Å². The smallest absolute Gasteiger partial charge is 0.192 e. The largest absolute Gasteiger partial charge is 0.527 e. The molecule has 0 aromatic heterocycles. The van der Waals surface area contributed by atoms with Crippen LogP contribution in [-0.4, -0.2) is 0 Å². The molecule has 0 heterocycles. The second-order valence-electron chi connectivity index (χ2n) is 2.96. The highest BCUT2D eigenvalue weighted by Crippen LogP contribution is 2.10. The molecule has 0 aliphatic rings. The number of hydrogen-bond acceptors (Lipinski definition) is 2. The van der Waals surface area contributed by atoms with Crippen molar-refractivity contribution < 1.29 is 0 Å². The van der Waals surface area contributed by atoms with Crippen LogP contribution >= 0.6 is 31.9 Å². The standard InChI is InChI=1S/C12H2Br2N4/c1-17-12(18-2)9-4-10(13)8(3-11(9)14)7(5-15)6-16/h3-4H. The lowest BCUT2D eigenvalue weighted by Gasteiger charge is -1.96. The second-order valence-corrected chi connectivity index (χ2v) is 4.67. The maximum Gasteiger partial charge on any atom is 0.527 e. The summed E-state index contributed by atoms with van der Waals surface area (Å²) in [6.07, 6.45) is 0. The van der Waals surface area contributed by atoms with Crippen molar-refractivity contribution in [2.75, 3.05) is 0 Å². The topological polar surface area (TPSA) is 56.3 Å². The van der Waals surface area contributed by atoms with Gasteiger partial charge in [-0.2, -0.15) is 20.2 Å². The van der Waals surface area contributed by atoms with E-state index in [1.165, 1.54) is 6.07 Å². The maximum atomic E-state index is 8.82. The van der Waals surface area contributed by atoms with Crippen LogP contribution in [0.25, 0.3) is 21.1 Å². The van der Waals surface area contributed by atoms with E-state index in [1.54, 1.807) is 18.2 Å². The van der Waals surface area contributed by atoms with E-state index in [2.05, 4.69) is 41.5 Å². The fourth-order valence-corrected chi connectivity index (χ4v) is 2.26. The molecule has 84 valence electrons. The molecule has 1 aromatic carbocycles. The normalized spacial score (nSPS) is 8.33. The Kier molecular flexibility index (Phi) is 4.64. The molecule has 1 aromatic rings. The summed E-state index contributed by atoms with van der Waals surface area (Å²) in [6.45, 7) is 13.8. The first-order chi connectivity index (χ1) is 8.58. The van der Waals surface area contributed by atoms with Gasteiger partial charge in [-0.15, -0.1) is 0 Å². The SMILES string of the molecule is [C-]#[N+]C([N+]#[C-])=c1cc(Br)c(=C(C#N)C#N)cc1Br. The van der Waals surface area contributed by atoms with Crippen LogP contribution in [-0.2, 0) is 0 Å². The van der Waals surface area contributed by atoms with Gasteiger partial charge in [-0.25, -0.2) is 0 Å². The predicted molar refractivity (Wildman–Crippen MR) is 72.3 cm³/mol. The molecular formula is C12H2Br2N4. The zero-order chi connectivity index (χ0) is 13.7. The Morgan fingerprint density at radius 1 is 1.00 bits per heavy atom. The first-order valence-electron chi connectivity index (χ1n) is 4.37. The van der Waals surface area contributed by atoms with Gasteiger partial charge in [-0.1, -0.05) is 31.9 Å². The molecule has 18 heavy (non-hydrogen) atoms. The molecule has 0 spiro atoms. The molecule has 0 unspecified atom stereocenters. The van der Waals surface area contributed by atoms with Gasteiger partial charge in [0.15, 0.2) is 0 Å². The van der Waals surface area contributed by atoms with E-state index < -0.39 is 0 Å². The van der Waals surface area contributed by atoms with Crippen molar-refractivity contribution in [3.8, 4) is 12.1 Å². The van der Waals surface area contributed by atoms with Crippen LogP contribution in [0, 0.1) is 35.8 Å². The van der Waals surface area contributed by atoms with Crippen molar-refractivity contribution in [2.45, 2.75) is 0 Å². The molecule has 0 fully saturated rings. The lowest BCUT2D eigenvalue weighted by atomic mass is 10.2. The van der Waals surface area contributed by atoms with Gasteiger partial charge in [0.1, 0.15) is 30.9 Å². The summed E-state index contributed by atoms with van der Waals surface area (Å²) in [6, 6.07) is 6.66. The van der Waals surface area contributed by atoms with E-state index >= 15 is 0 Å². The first-order valence-corrected chi connectivity index (χ1v) is 5.96. The number of benzene rings is 1. The Hall–Kier alpha value is -2.12. The van der Waals surface area contributed by atoms with Crippen LogP contribution in [0.1, 0.15) is 0 Å². The fourth-order valence-electron chi connectivity index (χ4n) is 1.20. The predicted octanol–water partition coefficient (Wildman–Crippen LogP) is 2.31. The van der Waals surface area contributed by atoms with Crippen molar-refractivity contribution in [3.05, 3.63) is 54.3 Å². The second kappa shape index (κ2) is 5.99. The van der Waals surface area contributed by atoms with Gasteiger partial charge in [0.2, 0.25) is 0 Å². The molecule has 0 radical (unpaired) electrons. The molecule has 0 amide bonds. The number of nitriles is 2. The Morgan fingerprint density at radius 3 is 1.89 bits per heavy atom. The monoisotopic (exact) mass is 360 g/mol. The van der Waals surface area contributed by atoms with Crippen molar-refractivity contribution in [1.29, 1.82) is 10.5 Å². The summed E-state index contributed by atoms with van der Waals surface area (Å²) in [5.41, 5.74) is -0.0405. The maximum absolute atomic E-state index is 8.82. The number of rotatable bonds is 0. The minimum absolute atomic E-state index is 0.0405. The molecule has 0 aliphatic carbocycles. The van der Waals surface area contributed by atoms with Crippen LogP contribution in [0.4, 0.5) is 0 Å². The Balaban J connectivity index is 3.96. The van der Waals surface area contributed by atoms with Crippen molar-refractivity contribution in [3.63, 3.8) is 0 Å². The molecule has 0 aliphatic heterocycles. The van der Waals surface area contributed by atoms with Crippen LogP contribution in [0.2, 0.25) is 0 Å². The molecule has 0 atom stereocenters. The summed E-state index contributed by atoms with van der Waals surface area (Å²) in [7, 11) is 0. The third-order valence-electron chi connectivity index (χ3n) is 2.00. The molecule has 0 saturated carbocycles. The van der Waals surface area contributed by atoms with Gasteiger partial charge >= 0.3 is 5.82 Å². The van der Waals surface area contributed by atoms with Gasteiger partial charge in [-0.3, -0.25) is 0 Å². The van der Waals surface area contributed by atoms with Gasteiger partial charge in [0.05, 0.1) is 5.22 Å². The number of hydrogen-bond donors (Lipinski definition) is 0. The zero-order valence-electron chi connectivity index (χ0n) is 8.70.